The van der Waals surface area contributed by atoms with Crippen molar-refractivity contribution in [3.63, 3.8) is 0 Å². The van der Waals surface area contributed by atoms with Gasteiger partial charge in [-0.15, -0.1) is 0 Å². The monoisotopic (exact) mass is 349 g/mol. The highest BCUT2D eigenvalue weighted by Crippen LogP contribution is 2.25. The molecule has 1 atom stereocenters. The zero-order valence-corrected chi connectivity index (χ0v) is 16.6. The van der Waals surface area contributed by atoms with Gasteiger partial charge in [-0.1, -0.05) is 40.0 Å². The Morgan fingerprint density at radius 3 is 2.40 bits per heavy atom. The van der Waals surface area contributed by atoms with Crippen LogP contribution in [0, 0.1) is 6.92 Å². The third-order valence-electron chi connectivity index (χ3n) is 4.26. The highest BCUT2D eigenvalue weighted by atomic mass is 16.5. The highest BCUT2D eigenvalue weighted by Gasteiger charge is 2.33. The van der Waals surface area contributed by atoms with Gasteiger partial charge in [0.15, 0.2) is 0 Å². The molecule has 0 saturated heterocycles. The van der Waals surface area contributed by atoms with Crippen LogP contribution >= 0.6 is 0 Å². The maximum Gasteiger partial charge on any atom is 0.256 e. The standard InChI is InChI=1S/C21H35NO3/c1-6-9-10-13-21(5,25-15-8-3)20(23)22-18-11-12-19(17(4)16-18)24-14-7-2/h11-12,16H,6-10,13-15H2,1-5H3,(H,22,23)/t21-/m0/s1. The van der Waals surface area contributed by atoms with E-state index in [4.69, 9.17) is 9.47 Å². The smallest absolute Gasteiger partial charge is 0.256 e. The van der Waals surface area contributed by atoms with E-state index in [-0.39, 0.29) is 5.91 Å². The lowest BCUT2D eigenvalue weighted by atomic mass is 9.96. The van der Waals surface area contributed by atoms with Crippen molar-refractivity contribution in [3.8, 4) is 5.75 Å². The number of amides is 1. The van der Waals surface area contributed by atoms with E-state index in [0.717, 1.165) is 55.5 Å². The Kier molecular flexibility index (Phi) is 9.58. The summed E-state index contributed by atoms with van der Waals surface area (Å²) in [6.45, 7) is 11.5. The first-order valence-electron chi connectivity index (χ1n) is 9.65. The van der Waals surface area contributed by atoms with E-state index >= 15 is 0 Å². The number of carbonyl (C=O) groups excluding carboxylic acids is 1. The van der Waals surface area contributed by atoms with Gasteiger partial charge in [0.2, 0.25) is 0 Å². The van der Waals surface area contributed by atoms with Crippen LogP contribution in [-0.2, 0) is 9.53 Å². The van der Waals surface area contributed by atoms with Crippen LogP contribution in [0.2, 0.25) is 0 Å². The molecule has 4 nitrogen and oxygen atoms in total. The summed E-state index contributed by atoms with van der Waals surface area (Å²) in [5.41, 5.74) is 1.03. The van der Waals surface area contributed by atoms with E-state index in [0.29, 0.717) is 13.2 Å². The molecule has 1 rings (SSSR count). The molecule has 1 N–H and O–H groups in total. The summed E-state index contributed by atoms with van der Waals surface area (Å²) in [5.74, 6) is 0.798. The molecule has 1 aromatic carbocycles. The quantitative estimate of drug-likeness (QED) is 0.508. The molecule has 0 heterocycles. The van der Waals surface area contributed by atoms with Crippen molar-refractivity contribution in [1.29, 1.82) is 0 Å². The van der Waals surface area contributed by atoms with Crippen molar-refractivity contribution in [2.75, 3.05) is 18.5 Å². The maximum atomic E-state index is 12.8. The van der Waals surface area contributed by atoms with E-state index in [2.05, 4.69) is 26.1 Å². The molecule has 4 heteroatoms. The fourth-order valence-corrected chi connectivity index (χ4v) is 2.66. The summed E-state index contributed by atoms with van der Waals surface area (Å²) in [6, 6.07) is 5.76. The number of carbonyl (C=O) groups is 1. The van der Waals surface area contributed by atoms with Gasteiger partial charge in [-0.05, 0) is 56.9 Å². The molecule has 0 saturated carbocycles. The van der Waals surface area contributed by atoms with Crippen molar-refractivity contribution < 1.29 is 14.3 Å². The molecule has 0 fully saturated rings. The summed E-state index contributed by atoms with van der Waals surface area (Å²) in [6.07, 6.45) is 5.85. The molecule has 25 heavy (non-hydrogen) atoms. The van der Waals surface area contributed by atoms with Crippen LogP contribution in [0.4, 0.5) is 5.69 Å². The lowest BCUT2D eigenvalue weighted by molar-refractivity contribution is -0.140. The number of rotatable bonds is 12. The summed E-state index contributed by atoms with van der Waals surface area (Å²) in [4.78, 5) is 12.8. The number of unbranched alkanes of at least 4 members (excludes halogenated alkanes) is 2. The van der Waals surface area contributed by atoms with Gasteiger partial charge in [-0.25, -0.2) is 0 Å². The van der Waals surface area contributed by atoms with Crippen LogP contribution in [0.5, 0.6) is 5.75 Å². The molecule has 0 aromatic heterocycles. The Balaban J connectivity index is 2.79. The molecular weight excluding hydrogens is 314 g/mol. The fourth-order valence-electron chi connectivity index (χ4n) is 2.66. The molecule has 142 valence electrons. The normalized spacial score (nSPS) is 13.3. The predicted molar refractivity (Wildman–Crippen MR) is 104 cm³/mol. The SMILES string of the molecule is CCCCC[C@](C)(OCCC)C(=O)Nc1ccc(OCCC)c(C)c1. The molecule has 0 bridgehead atoms. The number of anilines is 1. The van der Waals surface area contributed by atoms with Gasteiger partial charge in [-0.3, -0.25) is 4.79 Å². The van der Waals surface area contributed by atoms with E-state index < -0.39 is 5.60 Å². The number of nitrogens with one attached hydrogen (secondary N) is 1. The number of hydrogen-bond acceptors (Lipinski definition) is 3. The first kappa shape index (κ1) is 21.5. The Morgan fingerprint density at radius 1 is 1.08 bits per heavy atom. The molecule has 1 amide bonds. The van der Waals surface area contributed by atoms with E-state index in [9.17, 15) is 4.79 Å². The number of ether oxygens (including phenoxy) is 2. The minimum atomic E-state index is -0.781. The third kappa shape index (κ3) is 7.07. The number of aryl methyl sites for hydroxylation is 1. The van der Waals surface area contributed by atoms with Gasteiger partial charge in [0.1, 0.15) is 11.4 Å². The van der Waals surface area contributed by atoms with Crippen molar-refractivity contribution in [3.05, 3.63) is 23.8 Å². The Morgan fingerprint density at radius 2 is 1.80 bits per heavy atom. The molecule has 0 spiro atoms. The topological polar surface area (TPSA) is 47.6 Å². The lowest BCUT2D eigenvalue weighted by Crippen LogP contribution is -2.43. The zero-order valence-electron chi connectivity index (χ0n) is 16.6. The highest BCUT2D eigenvalue weighted by molar-refractivity contribution is 5.97. The largest absolute Gasteiger partial charge is 0.493 e. The van der Waals surface area contributed by atoms with Crippen LogP contribution in [0.3, 0.4) is 0 Å². The van der Waals surface area contributed by atoms with Crippen LogP contribution in [0.25, 0.3) is 0 Å². The van der Waals surface area contributed by atoms with Gasteiger partial charge >= 0.3 is 0 Å². The second-order valence-corrected chi connectivity index (χ2v) is 6.82. The fraction of sp³-hybridized carbons (Fsp3) is 0.667. The van der Waals surface area contributed by atoms with Crippen molar-refractivity contribution in [2.24, 2.45) is 0 Å². The van der Waals surface area contributed by atoms with Crippen LogP contribution in [0.1, 0.15) is 71.8 Å². The molecule has 0 radical (unpaired) electrons. The van der Waals surface area contributed by atoms with Crippen LogP contribution in [-0.4, -0.2) is 24.7 Å². The van der Waals surface area contributed by atoms with Gasteiger partial charge in [-0.2, -0.15) is 0 Å². The second kappa shape index (κ2) is 11.1. The molecule has 1 aromatic rings. The van der Waals surface area contributed by atoms with Gasteiger partial charge in [0, 0.05) is 12.3 Å². The van der Waals surface area contributed by atoms with Crippen molar-refractivity contribution in [1.82, 2.24) is 0 Å². The summed E-state index contributed by atoms with van der Waals surface area (Å²) >= 11 is 0. The first-order valence-corrected chi connectivity index (χ1v) is 9.65. The average Bonchev–Trinajstić information content (AvgIpc) is 2.59. The predicted octanol–water partition coefficient (Wildman–Crippen LogP) is 5.49. The lowest BCUT2D eigenvalue weighted by Gasteiger charge is -2.29. The number of benzene rings is 1. The zero-order chi connectivity index (χ0) is 18.7. The van der Waals surface area contributed by atoms with Crippen LogP contribution in [0.15, 0.2) is 18.2 Å². The third-order valence-corrected chi connectivity index (χ3v) is 4.26. The minimum Gasteiger partial charge on any atom is -0.493 e. The van der Waals surface area contributed by atoms with Gasteiger partial charge in [0.25, 0.3) is 5.91 Å². The van der Waals surface area contributed by atoms with Crippen LogP contribution < -0.4 is 10.1 Å². The molecular formula is C21H35NO3. The van der Waals surface area contributed by atoms with E-state index in [1.807, 2.05) is 32.0 Å². The Bertz CT molecular complexity index is 530. The molecule has 0 unspecified atom stereocenters. The van der Waals surface area contributed by atoms with E-state index in [1.54, 1.807) is 0 Å². The van der Waals surface area contributed by atoms with Gasteiger partial charge in [0.05, 0.1) is 6.61 Å². The Labute approximate surface area is 153 Å². The maximum absolute atomic E-state index is 12.8. The average molecular weight is 350 g/mol. The molecule has 0 aliphatic rings. The first-order chi connectivity index (χ1) is 12.0. The molecule has 0 aliphatic heterocycles. The minimum absolute atomic E-state index is 0.0707. The van der Waals surface area contributed by atoms with E-state index in [1.165, 1.54) is 0 Å². The van der Waals surface area contributed by atoms with Crippen molar-refractivity contribution in [2.45, 2.75) is 78.7 Å². The summed E-state index contributed by atoms with van der Waals surface area (Å²) in [7, 11) is 0. The Hall–Kier alpha value is -1.55. The second-order valence-electron chi connectivity index (χ2n) is 6.82. The van der Waals surface area contributed by atoms with Gasteiger partial charge < -0.3 is 14.8 Å². The summed E-state index contributed by atoms with van der Waals surface area (Å²) in [5, 5.41) is 3.02. The molecule has 0 aliphatic carbocycles. The summed E-state index contributed by atoms with van der Waals surface area (Å²) < 4.78 is 11.6. The number of hydrogen-bond donors (Lipinski definition) is 1. The van der Waals surface area contributed by atoms with Crippen molar-refractivity contribution >= 4 is 11.6 Å².